The molecule has 1 fully saturated rings. The highest BCUT2D eigenvalue weighted by Crippen LogP contribution is 2.38. The lowest BCUT2D eigenvalue weighted by atomic mass is 9.85. The predicted octanol–water partition coefficient (Wildman–Crippen LogP) is 6.96. The monoisotopic (exact) mass is 436 g/mol. The highest BCUT2D eigenvalue weighted by molar-refractivity contribution is 6.33. The molecule has 3 nitrogen and oxygen atoms in total. The normalized spacial score (nSPS) is 15.7. The van der Waals surface area contributed by atoms with E-state index in [9.17, 15) is 13.2 Å². The van der Waals surface area contributed by atoms with E-state index in [0.717, 1.165) is 66.2 Å². The number of alkyl halides is 3. The average Bonchev–Trinajstić information content (AvgIpc) is 3.08. The van der Waals surface area contributed by atoms with Gasteiger partial charge in [0.05, 0.1) is 29.1 Å². The van der Waals surface area contributed by atoms with Crippen LogP contribution < -0.4 is 4.74 Å². The van der Waals surface area contributed by atoms with Crippen LogP contribution in [0.15, 0.2) is 30.5 Å². The first-order valence-corrected chi connectivity index (χ1v) is 10.6. The summed E-state index contributed by atoms with van der Waals surface area (Å²) in [6.45, 7) is 1.98. The van der Waals surface area contributed by atoms with Crippen LogP contribution in [0.5, 0.6) is 5.75 Å². The molecular weight excluding hydrogens is 413 g/mol. The molecule has 0 saturated heterocycles. The SMILES string of the molecule is COc1ccc(Cc2c(C3CCCCC3)nc3c(Cl)cc(C(F)(F)F)cn23)c(C)c1. The molecule has 1 aromatic carbocycles. The molecule has 0 N–H and O–H groups in total. The van der Waals surface area contributed by atoms with Crippen molar-refractivity contribution in [2.45, 2.75) is 57.5 Å². The first-order valence-electron chi connectivity index (χ1n) is 10.2. The summed E-state index contributed by atoms with van der Waals surface area (Å²) in [5.74, 6) is 1.00. The van der Waals surface area contributed by atoms with Gasteiger partial charge in [-0.1, -0.05) is 36.9 Å². The summed E-state index contributed by atoms with van der Waals surface area (Å²) in [4.78, 5) is 4.76. The van der Waals surface area contributed by atoms with E-state index in [4.69, 9.17) is 21.3 Å². The van der Waals surface area contributed by atoms with E-state index < -0.39 is 11.7 Å². The number of methoxy groups -OCH3 is 1. The van der Waals surface area contributed by atoms with Crippen LogP contribution in [0.25, 0.3) is 5.65 Å². The zero-order valence-electron chi connectivity index (χ0n) is 17.0. The fourth-order valence-electron chi connectivity index (χ4n) is 4.38. The van der Waals surface area contributed by atoms with Crippen molar-refractivity contribution in [2.75, 3.05) is 7.11 Å². The molecule has 0 radical (unpaired) electrons. The van der Waals surface area contributed by atoms with Crippen molar-refractivity contribution in [1.82, 2.24) is 9.38 Å². The molecule has 0 bridgehead atoms. The van der Waals surface area contributed by atoms with Gasteiger partial charge in [0.15, 0.2) is 5.65 Å². The molecule has 4 rings (SSSR count). The average molecular weight is 437 g/mol. The van der Waals surface area contributed by atoms with Crippen LogP contribution in [0.3, 0.4) is 0 Å². The van der Waals surface area contributed by atoms with E-state index in [0.29, 0.717) is 12.1 Å². The Bertz CT molecular complexity index is 1070. The number of nitrogens with zero attached hydrogens (tertiary/aromatic N) is 2. The molecule has 2 aromatic heterocycles. The van der Waals surface area contributed by atoms with Gasteiger partial charge in [0.1, 0.15) is 5.75 Å². The lowest BCUT2D eigenvalue weighted by Gasteiger charge is -2.21. The van der Waals surface area contributed by atoms with Crippen LogP contribution in [0.1, 0.15) is 66.1 Å². The molecule has 1 saturated carbocycles. The molecule has 30 heavy (non-hydrogen) atoms. The summed E-state index contributed by atoms with van der Waals surface area (Å²) < 4.78 is 47.2. The highest BCUT2D eigenvalue weighted by atomic mass is 35.5. The van der Waals surface area contributed by atoms with E-state index in [-0.39, 0.29) is 10.9 Å². The molecule has 160 valence electrons. The summed E-state index contributed by atoms with van der Waals surface area (Å²) in [5, 5.41) is 0.0274. The van der Waals surface area contributed by atoms with Crippen molar-refractivity contribution in [3.05, 3.63) is 63.6 Å². The van der Waals surface area contributed by atoms with Gasteiger partial charge < -0.3 is 9.14 Å². The maximum Gasteiger partial charge on any atom is 0.417 e. The lowest BCUT2D eigenvalue weighted by Crippen LogP contribution is -2.10. The number of aryl methyl sites for hydroxylation is 1. The second-order valence-corrected chi connectivity index (χ2v) is 8.42. The maximum atomic E-state index is 13.5. The van der Waals surface area contributed by atoms with Crippen molar-refractivity contribution >= 4 is 17.2 Å². The summed E-state index contributed by atoms with van der Waals surface area (Å²) in [7, 11) is 1.61. The largest absolute Gasteiger partial charge is 0.497 e. The molecule has 7 heteroatoms. The number of imidazole rings is 1. The van der Waals surface area contributed by atoms with Crippen LogP contribution >= 0.6 is 11.6 Å². The van der Waals surface area contributed by atoms with Crippen molar-refractivity contribution in [3.8, 4) is 5.75 Å². The third-order valence-corrected chi connectivity index (χ3v) is 6.31. The van der Waals surface area contributed by atoms with E-state index in [1.165, 1.54) is 6.42 Å². The number of hydrogen-bond donors (Lipinski definition) is 0. The zero-order valence-corrected chi connectivity index (χ0v) is 17.8. The Morgan fingerprint density at radius 3 is 2.53 bits per heavy atom. The van der Waals surface area contributed by atoms with E-state index >= 15 is 0 Å². The standard InChI is InChI=1S/C23H24ClF3N2O/c1-14-10-18(30-2)9-8-16(14)11-20-21(15-6-4-3-5-7-15)28-22-19(24)12-17(13-29(20)22)23(25,26)27/h8-10,12-13,15H,3-7,11H2,1-2H3. The molecule has 0 unspecified atom stereocenters. The van der Waals surface area contributed by atoms with Crippen molar-refractivity contribution in [3.63, 3.8) is 0 Å². The molecule has 0 atom stereocenters. The minimum atomic E-state index is -4.47. The lowest BCUT2D eigenvalue weighted by molar-refractivity contribution is -0.137. The minimum Gasteiger partial charge on any atom is -0.497 e. The molecular formula is C23H24ClF3N2O. The number of halogens is 4. The van der Waals surface area contributed by atoms with Crippen molar-refractivity contribution in [2.24, 2.45) is 0 Å². The molecule has 1 aliphatic carbocycles. The topological polar surface area (TPSA) is 26.5 Å². The Labute approximate surface area is 178 Å². The quantitative estimate of drug-likeness (QED) is 0.441. The van der Waals surface area contributed by atoms with Crippen LogP contribution in [0, 0.1) is 6.92 Å². The number of pyridine rings is 1. The fraction of sp³-hybridized carbons (Fsp3) is 0.435. The summed E-state index contributed by atoms with van der Waals surface area (Å²) in [6, 6.07) is 6.75. The van der Waals surface area contributed by atoms with Gasteiger partial charge in [-0.05, 0) is 49.1 Å². The highest BCUT2D eigenvalue weighted by Gasteiger charge is 2.33. The van der Waals surface area contributed by atoms with Crippen LogP contribution in [0.2, 0.25) is 5.02 Å². The number of aromatic nitrogens is 2. The van der Waals surface area contributed by atoms with Gasteiger partial charge in [-0.15, -0.1) is 0 Å². The minimum absolute atomic E-state index is 0.0274. The van der Waals surface area contributed by atoms with Gasteiger partial charge in [0.25, 0.3) is 0 Å². The molecule has 1 aliphatic rings. The molecule has 2 heterocycles. The third kappa shape index (κ3) is 4.02. The van der Waals surface area contributed by atoms with Crippen molar-refractivity contribution < 1.29 is 17.9 Å². The van der Waals surface area contributed by atoms with Crippen LogP contribution in [-0.4, -0.2) is 16.5 Å². The van der Waals surface area contributed by atoms with Crippen LogP contribution in [-0.2, 0) is 12.6 Å². The zero-order chi connectivity index (χ0) is 21.5. The Balaban J connectivity index is 1.88. The summed E-state index contributed by atoms with van der Waals surface area (Å²) in [5.41, 5.74) is 3.36. The first-order chi connectivity index (χ1) is 14.3. The van der Waals surface area contributed by atoms with Gasteiger partial charge in [0.2, 0.25) is 0 Å². The van der Waals surface area contributed by atoms with Gasteiger partial charge in [-0.2, -0.15) is 13.2 Å². The van der Waals surface area contributed by atoms with Gasteiger partial charge in [0, 0.05) is 18.5 Å². The Morgan fingerprint density at radius 1 is 1.17 bits per heavy atom. The molecule has 0 aliphatic heterocycles. The van der Waals surface area contributed by atoms with Gasteiger partial charge in [-0.3, -0.25) is 0 Å². The number of fused-ring (bicyclic) bond motifs is 1. The Kier molecular flexibility index (Phi) is 5.71. The Hall–Kier alpha value is -2.21. The number of hydrogen-bond acceptors (Lipinski definition) is 2. The summed E-state index contributed by atoms with van der Waals surface area (Å²) in [6.07, 6.45) is 2.57. The summed E-state index contributed by atoms with van der Waals surface area (Å²) >= 11 is 6.27. The first kappa shape index (κ1) is 21.0. The Morgan fingerprint density at radius 2 is 1.90 bits per heavy atom. The third-order valence-electron chi connectivity index (χ3n) is 6.03. The molecule has 0 spiro atoms. The van der Waals surface area contributed by atoms with E-state index in [2.05, 4.69) is 0 Å². The number of ether oxygens (including phenoxy) is 1. The van der Waals surface area contributed by atoms with Gasteiger partial charge >= 0.3 is 6.18 Å². The maximum absolute atomic E-state index is 13.5. The smallest absolute Gasteiger partial charge is 0.417 e. The van der Waals surface area contributed by atoms with E-state index in [1.54, 1.807) is 11.5 Å². The van der Waals surface area contributed by atoms with Crippen molar-refractivity contribution in [1.29, 1.82) is 0 Å². The second-order valence-electron chi connectivity index (χ2n) is 8.02. The fourth-order valence-corrected chi connectivity index (χ4v) is 4.63. The second kappa shape index (κ2) is 8.14. The molecule has 0 amide bonds. The predicted molar refractivity (Wildman–Crippen MR) is 112 cm³/mol. The molecule has 3 aromatic rings. The van der Waals surface area contributed by atoms with Gasteiger partial charge in [-0.25, -0.2) is 4.98 Å². The number of benzene rings is 1. The van der Waals surface area contributed by atoms with Crippen LogP contribution in [0.4, 0.5) is 13.2 Å². The van der Waals surface area contributed by atoms with E-state index in [1.807, 2.05) is 25.1 Å². The number of rotatable bonds is 4.